The Kier molecular flexibility index (Phi) is 8.07. The zero-order valence-corrected chi connectivity index (χ0v) is 12.8. The van der Waals surface area contributed by atoms with Crippen molar-refractivity contribution in [3.63, 3.8) is 0 Å². The van der Waals surface area contributed by atoms with Crippen LogP contribution in [0, 0.1) is 5.92 Å². The zero-order valence-electron chi connectivity index (χ0n) is 12.8. The number of likely N-dealkylation sites (tertiary alicyclic amines) is 1. The van der Waals surface area contributed by atoms with E-state index >= 15 is 0 Å². The van der Waals surface area contributed by atoms with Crippen molar-refractivity contribution in [1.82, 2.24) is 10.2 Å². The highest BCUT2D eigenvalue weighted by atomic mass is 16.5. The molecule has 0 amide bonds. The topological polar surface area (TPSA) is 41.6 Å². The van der Waals surface area contributed by atoms with Crippen molar-refractivity contribution < 1.29 is 9.53 Å². The Morgan fingerprint density at radius 1 is 1.42 bits per heavy atom. The monoisotopic (exact) mass is 270 g/mol. The molecule has 0 bridgehead atoms. The van der Waals surface area contributed by atoms with Crippen LogP contribution in [0.5, 0.6) is 0 Å². The Morgan fingerprint density at radius 2 is 2.21 bits per heavy atom. The molecule has 0 aromatic heterocycles. The lowest BCUT2D eigenvalue weighted by Gasteiger charge is -2.37. The van der Waals surface area contributed by atoms with E-state index in [-0.39, 0.29) is 12.0 Å². The van der Waals surface area contributed by atoms with Gasteiger partial charge >= 0.3 is 5.97 Å². The summed E-state index contributed by atoms with van der Waals surface area (Å²) in [6.07, 6.45) is 4.39. The quantitative estimate of drug-likeness (QED) is 0.685. The van der Waals surface area contributed by atoms with Crippen molar-refractivity contribution in [2.24, 2.45) is 5.92 Å². The van der Waals surface area contributed by atoms with E-state index in [0.29, 0.717) is 12.5 Å². The predicted molar refractivity (Wildman–Crippen MR) is 78.2 cm³/mol. The lowest BCUT2D eigenvalue weighted by molar-refractivity contribution is -0.150. The third kappa shape index (κ3) is 5.49. The molecule has 1 rings (SSSR count). The minimum atomic E-state index is -0.0338. The van der Waals surface area contributed by atoms with E-state index in [0.717, 1.165) is 39.0 Å². The molecule has 1 fully saturated rings. The molecule has 1 N–H and O–H groups in total. The second kappa shape index (κ2) is 9.32. The van der Waals surface area contributed by atoms with Crippen molar-refractivity contribution in [3.8, 4) is 0 Å². The number of hydrogen-bond donors (Lipinski definition) is 1. The summed E-state index contributed by atoms with van der Waals surface area (Å²) >= 11 is 0. The van der Waals surface area contributed by atoms with Crippen LogP contribution in [0.15, 0.2) is 0 Å². The Bertz CT molecular complexity index is 259. The van der Waals surface area contributed by atoms with Crippen LogP contribution in [0.3, 0.4) is 0 Å². The highest BCUT2D eigenvalue weighted by Gasteiger charge is 2.30. The first kappa shape index (κ1) is 16.4. The molecule has 2 atom stereocenters. The first-order valence-corrected chi connectivity index (χ1v) is 7.84. The molecule has 4 heteroatoms. The van der Waals surface area contributed by atoms with E-state index in [9.17, 15) is 4.79 Å². The summed E-state index contributed by atoms with van der Waals surface area (Å²) in [6, 6.07) is -0.0330. The van der Waals surface area contributed by atoms with Gasteiger partial charge in [0.25, 0.3) is 0 Å². The molecule has 2 unspecified atom stereocenters. The number of piperidine rings is 1. The SMILES string of the molecule is CCCC(C(=O)OCC)N1CCCC(CNCC)C1. The van der Waals surface area contributed by atoms with E-state index < -0.39 is 0 Å². The van der Waals surface area contributed by atoms with Crippen LogP contribution < -0.4 is 5.32 Å². The van der Waals surface area contributed by atoms with Gasteiger partial charge in [0.05, 0.1) is 6.61 Å². The molecule has 1 aliphatic heterocycles. The molecule has 0 saturated carbocycles. The van der Waals surface area contributed by atoms with Gasteiger partial charge in [-0.2, -0.15) is 0 Å². The molecule has 0 aliphatic carbocycles. The number of esters is 1. The number of rotatable bonds is 8. The van der Waals surface area contributed by atoms with Crippen LogP contribution in [0.2, 0.25) is 0 Å². The van der Waals surface area contributed by atoms with Crippen molar-refractivity contribution in [3.05, 3.63) is 0 Å². The second-order valence-electron chi connectivity index (χ2n) is 5.37. The van der Waals surface area contributed by atoms with Crippen LogP contribution in [-0.2, 0) is 9.53 Å². The van der Waals surface area contributed by atoms with Gasteiger partial charge in [-0.25, -0.2) is 0 Å². The summed E-state index contributed by atoms with van der Waals surface area (Å²) in [5.41, 5.74) is 0. The van der Waals surface area contributed by atoms with Gasteiger partial charge in [-0.05, 0) is 51.7 Å². The number of carbonyl (C=O) groups is 1. The third-order valence-electron chi connectivity index (χ3n) is 3.79. The molecule has 4 nitrogen and oxygen atoms in total. The van der Waals surface area contributed by atoms with Gasteiger partial charge in [-0.3, -0.25) is 9.69 Å². The molecule has 0 spiro atoms. The number of hydrogen-bond acceptors (Lipinski definition) is 4. The maximum absolute atomic E-state index is 12.1. The molecule has 0 aromatic carbocycles. The minimum absolute atomic E-state index is 0.0330. The van der Waals surface area contributed by atoms with Gasteiger partial charge in [-0.15, -0.1) is 0 Å². The molecular weight excluding hydrogens is 240 g/mol. The van der Waals surface area contributed by atoms with Crippen LogP contribution in [0.4, 0.5) is 0 Å². The fraction of sp³-hybridized carbons (Fsp3) is 0.933. The molecule has 0 radical (unpaired) electrons. The maximum Gasteiger partial charge on any atom is 0.323 e. The predicted octanol–water partition coefficient (Wildman–Crippen LogP) is 2.04. The molecule has 1 saturated heterocycles. The second-order valence-corrected chi connectivity index (χ2v) is 5.37. The van der Waals surface area contributed by atoms with E-state index in [1.165, 1.54) is 12.8 Å². The fourth-order valence-electron chi connectivity index (χ4n) is 2.86. The van der Waals surface area contributed by atoms with Crippen molar-refractivity contribution >= 4 is 5.97 Å². The Labute approximate surface area is 117 Å². The van der Waals surface area contributed by atoms with E-state index in [4.69, 9.17) is 4.74 Å². The molecular formula is C15H30N2O2. The lowest BCUT2D eigenvalue weighted by atomic mass is 9.95. The Hall–Kier alpha value is -0.610. The largest absolute Gasteiger partial charge is 0.465 e. The van der Waals surface area contributed by atoms with Gasteiger partial charge in [0, 0.05) is 6.54 Å². The van der Waals surface area contributed by atoms with Gasteiger partial charge in [-0.1, -0.05) is 20.3 Å². The van der Waals surface area contributed by atoms with Gasteiger partial charge in [0.15, 0.2) is 0 Å². The molecule has 0 aromatic rings. The van der Waals surface area contributed by atoms with E-state index in [2.05, 4.69) is 24.1 Å². The first-order chi connectivity index (χ1) is 9.22. The van der Waals surface area contributed by atoms with Gasteiger partial charge < -0.3 is 10.1 Å². The maximum atomic E-state index is 12.1. The summed E-state index contributed by atoms with van der Waals surface area (Å²) in [5.74, 6) is 0.635. The number of ether oxygens (including phenoxy) is 1. The smallest absolute Gasteiger partial charge is 0.323 e. The first-order valence-electron chi connectivity index (χ1n) is 7.84. The van der Waals surface area contributed by atoms with Crippen LogP contribution >= 0.6 is 0 Å². The average Bonchev–Trinajstić information content (AvgIpc) is 2.43. The summed E-state index contributed by atoms with van der Waals surface area (Å²) in [6.45, 7) is 10.8. The van der Waals surface area contributed by atoms with E-state index in [1.54, 1.807) is 0 Å². The highest BCUT2D eigenvalue weighted by molar-refractivity contribution is 5.75. The molecule has 112 valence electrons. The summed E-state index contributed by atoms with van der Waals surface area (Å²) in [5, 5.41) is 3.42. The zero-order chi connectivity index (χ0) is 14.1. The van der Waals surface area contributed by atoms with Crippen LogP contribution in [-0.4, -0.2) is 49.7 Å². The van der Waals surface area contributed by atoms with Crippen LogP contribution in [0.25, 0.3) is 0 Å². The van der Waals surface area contributed by atoms with Crippen molar-refractivity contribution in [2.45, 2.75) is 52.5 Å². The third-order valence-corrected chi connectivity index (χ3v) is 3.79. The standard InChI is InChI=1S/C15H30N2O2/c1-4-8-14(15(18)19-6-3)17-10-7-9-13(12-17)11-16-5-2/h13-14,16H,4-12H2,1-3H3. The van der Waals surface area contributed by atoms with Crippen molar-refractivity contribution in [2.75, 3.05) is 32.8 Å². The van der Waals surface area contributed by atoms with E-state index in [1.807, 2.05) is 6.92 Å². The van der Waals surface area contributed by atoms with Crippen molar-refractivity contribution in [1.29, 1.82) is 0 Å². The number of nitrogens with one attached hydrogen (secondary N) is 1. The molecule has 1 heterocycles. The summed E-state index contributed by atoms with van der Waals surface area (Å²) in [7, 11) is 0. The molecule has 1 aliphatic rings. The van der Waals surface area contributed by atoms with Crippen LogP contribution in [0.1, 0.15) is 46.5 Å². The highest BCUT2D eigenvalue weighted by Crippen LogP contribution is 2.20. The minimum Gasteiger partial charge on any atom is -0.465 e. The Morgan fingerprint density at radius 3 is 2.84 bits per heavy atom. The normalized spacial score (nSPS) is 22.2. The Balaban J connectivity index is 2.54. The number of carbonyl (C=O) groups excluding carboxylic acids is 1. The lowest BCUT2D eigenvalue weighted by Crippen LogP contribution is -2.48. The summed E-state index contributed by atoms with van der Waals surface area (Å²) in [4.78, 5) is 14.4. The fourth-order valence-corrected chi connectivity index (χ4v) is 2.86. The van der Waals surface area contributed by atoms with Gasteiger partial charge in [0.2, 0.25) is 0 Å². The van der Waals surface area contributed by atoms with Gasteiger partial charge in [0.1, 0.15) is 6.04 Å². The summed E-state index contributed by atoms with van der Waals surface area (Å²) < 4.78 is 5.23. The average molecular weight is 270 g/mol. The molecule has 19 heavy (non-hydrogen) atoms. The number of nitrogens with zero attached hydrogens (tertiary/aromatic N) is 1.